The second-order valence-corrected chi connectivity index (χ2v) is 6.05. The normalized spacial score (nSPS) is 13.5. The number of carbonyl (C=O) groups excluding carboxylic acids is 1. The van der Waals surface area contributed by atoms with Crippen LogP contribution < -0.4 is 0 Å². The number of carbonyl (C=O) groups is 1. The zero-order chi connectivity index (χ0) is 10.2. The van der Waals surface area contributed by atoms with Crippen LogP contribution >= 0.6 is 0 Å². The van der Waals surface area contributed by atoms with Crippen LogP contribution in [0.25, 0.3) is 0 Å². The van der Waals surface area contributed by atoms with Gasteiger partial charge in [0.2, 0.25) is 10.0 Å². The first kappa shape index (κ1) is 11.6. The maximum Gasteiger partial charge on any atom is 0.225 e. The summed E-state index contributed by atoms with van der Waals surface area (Å²) in [6, 6.07) is 0. The van der Waals surface area contributed by atoms with E-state index in [0.717, 1.165) is 4.31 Å². The highest BCUT2D eigenvalue weighted by Crippen LogP contribution is 2.19. The highest BCUT2D eigenvalue weighted by Gasteiger charge is 2.40. The van der Waals surface area contributed by atoms with Crippen LogP contribution in [-0.4, -0.2) is 37.3 Å². The fourth-order valence-corrected chi connectivity index (χ4v) is 1.91. The number of Topliss-reactive ketones (excluding diaryl/α,β-unsaturated/α-hetero) is 1. The maximum atomic E-state index is 11.5. The molecule has 0 saturated heterocycles. The summed E-state index contributed by atoms with van der Waals surface area (Å²) < 4.78 is 22.7. The Bertz CT molecular complexity index is 277. The molecule has 72 valence electrons. The van der Waals surface area contributed by atoms with Crippen LogP contribution in [0.4, 0.5) is 0 Å². The van der Waals surface area contributed by atoms with E-state index < -0.39 is 14.8 Å². The Morgan fingerprint density at radius 2 is 1.58 bits per heavy atom. The van der Waals surface area contributed by atoms with Gasteiger partial charge in [-0.25, -0.2) is 12.7 Å². The molecule has 0 atom stereocenters. The first-order chi connectivity index (χ1) is 5.14. The molecule has 0 bridgehead atoms. The van der Waals surface area contributed by atoms with Crippen LogP contribution in [0, 0.1) is 0 Å². The van der Waals surface area contributed by atoms with Crippen molar-refractivity contribution in [1.29, 1.82) is 0 Å². The summed E-state index contributed by atoms with van der Waals surface area (Å²) in [7, 11) is -0.659. The Labute approximate surface area is 73.6 Å². The second-order valence-electron chi connectivity index (χ2n) is 3.35. The summed E-state index contributed by atoms with van der Waals surface area (Å²) in [5, 5.41) is 0. The fraction of sp³-hybridized carbons (Fsp3) is 0.857. The lowest BCUT2D eigenvalue weighted by Gasteiger charge is -2.25. The average molecular weight is 193 g/mol. The first-order valence-corrected chi connectivity index (χ1v) is 5.01. The van der Waals surface area contributed by atoms with Gasteiger partial charge in [0, 0.05) is 14.1 Å². The predicted octanol–water partition coefficient (Wildman–Crippen LogP) is 0.245. The Balaban J connectivity index is 5.19. The summed E-state index contributed by atoms with van der Waals surface area (Å²) in [6.07, 6.45) is 0. The Kier molecular flexibility index (Phi) is 3.03. The number of sulfonamides is 1. The lowest BCUT2D eigenvalue weighted by Crippen LogP contribution is -2.45. The van der Waals surface area contributed by atoms with Gasteiger partial charge in [0.25, 0.3) is 0 Å². The molecule has 0 rings (SSSR count). The van der Waals surface area contributed by atoms with Gasteiger partial charge in [0.15, 0.2) is 5.78 Å². The quantitative estimate of drug-likeness (QED) is 0.645. The van der Waals surface area contributed by atoms with Crippen molar-refractivity contribution in [2.24, 2.45) is 0 Å². The fourth-order valence-electron chi connectivity index (χ4n) is 0.638. The van der Waals surface area contributed by atoms with E-state index in [1.165, 1.54) is 34.9 Å². The minimum Gasteiger partial charge on any atom is -0.298 e. The monoisotopic (exact) mass is 193 g/mol. The van der Waals surface area contributed by atoms with Gasteiger partial charge < -0.3 is 0 Å². The average Bonchev–Trinajstić information content (AvgIpc) is 1.86. The zero-order valence-corrected chi connectivity index (χ0v) is 8.90. The number of nitrogens with zero attached hydrogens (tertiary/aromatic N) is 1. The van der Waals surface area contributed by atoms with Gasteiger partial charge >= 0.3 is 0 Å². The standard InChI is InChI=1S/C7H15NO3S/c1-6(9)7(2,3)12(10,11)8(4)5/h1-5H3. The summed E-state index contributed by atoms with van der Waals surface area (Å²) in [4.78, 5) is 11.0. The molecule has 0 N–H and O–H groups in total. The lowest BCUT2D eigenvalue weighted by atomic mass is 10.1. The van der Waals surface area contributed by atoms with Gasteiger partial charge in [-0.15, -0.1) is 0 Å². The van der Waals surface area contributed by atoms with E-state index in [2.05, 4.69) is 0 Å². The molecule has 0 aliphatic rings. The van der Waals surface area contributed by atoms with E-state index in [4.69, 9.17) is 0 Å². The predicted molar refractivity (Wildman–Crippen MR) is 47.4 cm³/mol. The minimum atomic E-state index is -3.49. The molecule has 0 aliphatic carbocycles. The Morgan fingerprint density at radius 1 is 1.25 bits per heavy atom. The van der Waals surface area contributed by atoms with E-state index in [-0.39, 0.29) is 5.78 Å². The molecule has 0 spiro atoms. The van der Waals surface area contributed by atoms with E-state index in [0.29, 0.717) is 0 Å². The van der Waals surface area contributed by atoms with Crippen molar-refractivity contribution in [1.82, 2.24) is 4.31 Å². The minimum absolute atomic E-state index is 0.351. The molecule has 0 radical (unpaired) electrons. The van der Waals surface area contributed by atoms with Crippen LogP contribution in [0.1, 0.15) is 20.8 Å². The van der Waals surface area contributed by atoms with Crippen LogP contribution in [-0.2, 0) is 14.8 Å². The third-order valence-electron chi connectivity index (χ3n) is 1.97. The van der Waals surface area contributed by atoms with Crippen molar-refractivity contribution >= 4 is 15.8 Å². The molecule has 0 unspecified atom stereocenters. The molecule has 5 heteroatoms. The molecular formula is C7H15NO3S. The number of hydrogen-bond acceptors (Lipinski definition) is 3. The van der Waals surface area contributed by atoms with Gasteiger partial charge in [-0.3, -0.25) is 4.79 Å². The topological polar surface area (TPSA) is 54.5 Å². The van der Waals surface area contributed by atoms with Gasteiger partial charge in [-0.2, -0.15) is 0 Å². The summed E-state index contributed by atoms with van der Waals surface area (Å²) >= 11 is 0. The third kappa shape index (κ3) is 1.67. The largest absolute Gasteiger partial charge is 0.298 e. The molecule has 0 saturated carbocycles. The third-order valence-corrected chi connectivity index (χ3v) is 4.51. The SMILES string of the molecule is CC(=O)C(C)(C)S(=O)(=O)N(C)C. The highest BCUT2D eigenvalue weighted by molar-refractivity contribution is 7.91. The van der Waals surface area contributed by atoms with E-state index >= 15 is 0 Å². The van der Waals surface area contributed by atoms with Crippen molar-refractivity contribution in [3.63, 3.8) is 0 Å². The summed E-state index contributed by atoms with van der Waals surface area (Å²) in [5.41, 5.74) is 0. The molecule has 0 heterocycles. The van der Waals surface area contributed by atoms with Gasteiger partial charge in [-0.05, 0) is 20.8 Å². The molecule has 0 aromatic rings. The van der Waals surface area contributed by atoms with Crippen LogP contribution in [0.2, 0.25) is 0 Å². The Hall–Kier alpha value is -0.420. The Morgan fingerprint density at radius 3 is 1.67 bits per heavy atom. The van der Waals surface area contributed by atoms with E-state index in [1.54, 1.807) is 0 Å². The first-order valence-electron chi connectivity index (χ1n) is 3.57. The smallest absolute Gasteiger partial charge is 0.225 e. The van der Waals surface area contributed by atoms with E-state index in [9.17, 15) is 13.2 Å². The maximum absolute atomic E-state index is 11.5. The number of ketones is 1. The highest BCUT2D eigenvalue weighted by atomic mass is 32.2. The number of hydrogen-bond donors (Lipinski definition) is 0. The molecule has 0 amide bonds. The van der Waals surface area contributed by atoms with Crippen molar-refractivity contribution in [3.8, 4) is 0 Å². The van der Waals surface area contributed by atoms with Gasteiger partial charge in [0.05, 0.1) is 0 Å². The van der Waals surface area contributed by atoms with Crippen molar-refractivity contribution < 1.29 is 13.2 Å². The van der Waals surface area contributed by atoms with Crippen LogP contribution in [0.3, 0.4) is 0 Å². The number of rotatable bonds is 3. The molecule has 12 heavy (non-hydrogen) atoms. The van der Waals surface area contributed by atoms with Crippen LogP contribution in [0.15, 0.2) is 0 Å². The summed E-state index contributed by atoms with van der Waals surface area (Å²) in [5.74, 6) is -0.351. The molecule has 0 aromatic heterocycles. The zero-order valence-electron chi connectivity index (χ0n) is 8.08. The van der Waals surface area contributed by atoms with Crippen molar-refractivity contribution in [2.75, 3.05) is 14.1 Å². The summed E-state index contributed by atoms with van der Waals surface area (Å²) in [6.45, 7) is 4.09. The van der Waals surface area contributed by atoms with Gasteiger partial charge in [-0.1, -0.05) is 0 Å². The van der Waals surface area contributed by atoms with Gasteiger partial charge in [0.1, 0.15) is 4.75 Å². The molecule has 4 nitrogen and oxygen atoms in total. The molecule has 0 aromatic carbocycles. The molecule has 0 aliphatic heterocycles. The van der Waals surface area contributed by atoms with Crippen molar-refractivity contribution in [3.05, 3.63) is 0 Å². The van der Waals surface area contributed by atoms with E-state index in [1.807, 2.05) is 0 Å². The molecular weight excluding hydrogens is 178 g/mol. The lowest BCUT2D eigenvalue weighted by molar-refractivity contribution is -0.118. The van der Waals surface area contributed by atoms with Crippen molar-refractivity contribution in [2.45, 2.75) is 25.5 Å². The molecule has 0 fully saturated rings. The second kappa shape index (κ2) is 3.14. The van der Waals surface area contributed by atoms with Crippen LogP contribution in [0.5, 0.6) is 0 Å².